The zero-order valence-electron chi connectivity index (χ0n) is 22.3. The fourth-order valence-corrected chi connectivity index (χ4v) is 5.98. The molecular weight excluding hydrogens is 512 g/mol. The molecule has 1 aliphatic carbocycles. The standard InChI is InChI=1S/C32H38N2O2S.ClH/c1-25-16-20-27(21-17-25)11-9-10-24-33-31(28-12-5-3-6-13-28)32(29-14-7-4-8-15-29)34-37(35,36)30-22-18-26(2)19-23-30;/h3-8,12-16,18-19,21-23,31-34H,9-11,17,20,24H2,1-2H3;1H/t31-,32-;/m0./s1. The minimum atomic E-state index is -3.73. The zero-order valence-corrected chi connectivity index (χ0v) is 23.9. The largest absolute Gasteiger partial charge is 0.308 e. The molecule has 0 fully saturated rings. The Labute approximate surface area is 234 Å². The van der Waals surface area contributed by atoms with Crippen molar-refractivity contribution in [2.75, 3.05) is 6.54 Å². The van der Waals surface area contributed by atoms with Gasteiger partial charge in [-0.25, -0.2) is 13.1 Å². The molecular formula is C32H39ClN2O2S. The zero-order chi connectivity index (χ0) is 26.1. The van der Waals surface area contributed by atoms with Crippen LogP contribution in [0.4, 0.5) is 0 Å². The van der Waals surface area contributed by atoms with Crippen LogP contribution in [-0.2, 0) is 10.0 Å². The van der Waals surface area contributed by atoms with E-state index in [0.29, 0.717) is 0 Å². The van der Waals surface area contributed by atoms with E-state index in [1.165, 1.54) is 11.1 Å². The van der Waals surface area contributed by atoms with Crippen LogP contribution < -0.4 is 10.0 Å². The average molecular weight is 551 g/mol. The van der Waals surface area contributed by atoms with Crippen LogP contribution in [0.15, 0.2) is 113 Å². The molecule has 0 unspecified atom stereocenters. The first-order valence-corrected chi connectivity index (χ1v) is 14.7. The second-order valence-electron chi connectivity index (χ2n) is 9.94. The van der Waals surface area contributed by atoms with E-state index in [1.807, 2.05) is 67.6 Å². The maximum atomic E-state index is 13.5. The highest BCUT2D eigenvalue weighted by molar-refractivity contribution is 7.89. The highest BCUT2D eigenvalue weighted by Crippen LogP contribution is 2.31. The first-order chi connectivity index (χ1) is 17.9. The van der Waals surface area contributed by atoms with E-state index in [-0.39, 0.29) is 23.3 Å². The van der Waals surface area contributed by atoms with Gasteiger partial charge in [0.2, 0.25) is 10.0 Å². The monoisotopic (exact) mass is 550 g/mol. The third-order valence-electron chi connectivity index (χ3n) is 6.98. The van der Waals surface area contributed by atoms with Crippen LogP contribution in [0.5, 0.6) is 0 Å². The summed E-state index contributed by atoms with van der Waals surface area (Å²) >= 11 is 0. The van der Waals surface area contributed by atoms with Crippen molar-refractivity contribution in [3.63, 3.8) is 0 Å². The van der Waals surface area contributed by atoms with Crippen LogP contribution in [0.1, 0.15) is 67.8 Å². The molecule has 0 amide bonds. The Morgan fingerprint density at radius 1 is 0.737 bits per heavy atom. The fraction of sp³-hybridized carbons (Fsp3) is 0.312. The van der Waals surface area contributed by atoms with Crippen molar-refractivity contribution in [3.8, 4) is 0 Å². The van der Waals surface area contributed by atoms with Crippen molar-refractivity contribution in [1.29, 1.82) is 0 Å². The van der Waals surface area contributed by atoms with Crippen LogP contribution in [0, 0.1) is 6.92 Å². The highest BCUT2D eigenvalue weighted by atomic mass is 35.5. The summed E-state index contributed by atoms with van der Waals surface area (Å²) in [7, 11) is -3.73. The molecule has 0 aromatic heterocycles. The second kappa shape index (κ2) is 14.5. The summed E-state index contributed by atoms with van der Waals surface area (Å²) in [6.45, 7) is 4.95. The number of sulfonamides is 1. The van der Waals surface area contributed by atoms with Gasteiger partial charge in [-0.05, 0) is 75.8 Å². The Balaban J connectivity index is 0.00000400. The van der Waals surface area contributed by atoms with E-state index in [0.717, 1.165) is 55.3 Å². The number of hydrogen-bond donors (Lipinski definition) is 2. The van der Waals surface area contributed by atoms with E-state index < -0.39 is 16.1 Å². The number of aryl methyl sites for hydroxylation is 1. The molecule has 4 rings (SSSR count). The lowest BCUT2D eigenvalue weighted by atomic mass is 9.93. The molecule has 0 bridgehead atoms. The Morgan fingerprint density at radius 3 is 1.92 bits per heavy atom. The van der Waals surface area contributed by atoms with Gasteiger partial charge in [-0.1, -0.05) is 102 Å². The van der Waals surface area contributed by atoms with Gasteiger partial charge >= 0.3 is 0 Å². The highest BCUT2D eigenvalue weighted by Gasteiger charge is 2.29. The van der Waals surface area contributed by atoms with Crippen LogP contribution in [0.2, 0.25) is 0 Å². The maximum absolute atomic E-state index is 13.5. The summed E-state index contributed by atoms with van der Waals surface area (Å²) in [6.07, 6.45) is 10.1. The average Bonchev–Trinajstić information content (AvgIpc) is 2.92. The molecule has 6 heteroatoms. The van der Waals surface area contributed by atoms with Crippen molar-refractivity contribution >= 4 is 22.4 Å². The van der Waals surface area contributed by atoms with Crippen LogP contribution in [0.25, 0.3) is 0 Å². The topological polar surface area (TPSA) is 58.2 Å². The first kappa shape index (κ1) is 29.9. The Morgan fingerprint density at radius 2 is 1.34 bits per heavy atom. The minimum absolute atomic E-state index is 0. The van der Waals surface area contributed by atoms with Crippen molar-refractivity contribution in [2.24, 2.45) is 0 Å². The Hall–Kier alpha value is -2.70. The van der Waals surface area contributed by atoms with E-state index >= 15 is 0 Å². The summed E-state index contributed by atoms with van der Waals surface area (Å²) in [5.74, 6) is 0. The number of benzene rings is 3. The Kier molecular flexibility index (Phi) is 11.4. The molecule has 0 aliphatic heterocycles. The number of allylic oxidation sites excluding steroid dienone is 4. The van der Waals surface area contributed by atoms with Crippen molar-refractivity contribution in [3.05, 3.63) is 125 Å². The van der Waals surface area contributed by atoms with Crippen molar-refractivity contribution < 1.29 is 8.42 Å². The fourth-order valence-electron chi connectivity index (χ4n) is 4.75. The van der Waals surface area contributed by atoms with Gasteiger partial charge in [-0.2, -0.15) is 0 Å². The van der Waals surface area contributed by atoms with Gasteiger partial charge in [-0.3, -0.25) is 0 Å². The van der Waals surface area contributed by atoms with Gasteiger partial charge in [0.15, 0.2) is 0 Å². The van der Waals surface area contributed by atoms with E-state index in [1.54, 1.807) is 12.1 Å². The lowest BCUT2D eigenvalue weighted by molar-refractivity contribution is 0.417. The Bertz CT molecular complexity index is 1300. The first-order valence-electron chi connectivity index (χ1n) is 13.2. The summed E-state index contributed by atoms with van der Waals surface area (Å²) < 4.78 is 30.0. The molecule has 4 nitrogen and oxygen atoms in total. The molecule has 0 spiro atoms. The molecule has 0 saturated carbocycles. The van der Waals surface area contributed by atoms with E-state index in [4.69, 9.17) is 0 Å². The molecule has 2 atom stereocenters. The van der Waals surface area contributed by atoms with Crippen LogP contribution >= 0.6 is 12.4 Å². The smallest absolute Gasteiger partial charge is 0.241 e. The normalized spacial score (nSPS) is 15.1. The molecule has 1 aliphatic rings. The lowest BCUT2D eigenvalue weighted by Gasteiger charge is -2.30. The molecule has 0 radical (unpaired) electrons. The summed E-state index contributed by atoms with van der Waals surface area (Å²) in [5.41, 5.74) is 5.99. The van der Waals surface area contributed by atoms with Crippen molar-refractivity contribution in [1.82, 2.24) is 10.0 Å². The molecule has 3 aromatic carbocycles. The van der Waals surface area contributed by atoms with Crippen LogP contribution in [0.3, 0.4) is 0 Å². The number of nitrogens with one attached hydrogen (secondary N) is 2. The molecule has 2 N–H and O–H groups in total. The third kappa shape index (κ3) is 8.40. The number of unbranched alkanes of at least 4 members (excludes halogenated alkanes) is 1. The SMILES string of the molecule is CC1=CCC(CCCCN[C@@H](c2ccccc2)[C@@H](NS(=O)(=O)c2ccc(C)cc2)c2ccccc2)=CC1.Cl. The van der Waals surface area contributed by atoms with Crippen molar-refractivity contribution in [2.45, 2.75) is 62.9 Å². The second-order valence-corrected chi connectivity index (χ2v) is 11.7. The van der Waals surface area contributed by atoms with E-state index in [9.17, 15) is 8.42 Å². The number of rotatable bonds is 12. The number of halogens is 1. The van der Waals surface area contributed by atoms with Crippen LogP contribution in [-0.4, -0.2) is 15.0 Å². The molecule has 0 heterocycles. The van der Waals surface area contributed by atoms with Gasteiger partial charge in [0.1, 0.15) is 0 Å². The molecule has 3 aromatic rings. The van der Waals surface area contributed by atoms with Gasteiger partial charge in [0.05, 0.1) is 17.0 Å². The number of hydrogen-bond acceptors (Lipinski definition) is 3. The summed E-state index contributed by atoms with van der Waals surface area (Å²) in [4.78, 5) is 0.274. The van der Waals surface area contributed by atoms with Gasteiger partial charge in [-0.15, -0.1) is 12.4 Å². The third-order valence-corrected chi connectivity index (χ3v) is 8.44. The molecule has 0 saturated heterocycles. The van der Waals surface area contributed by atoms with E-state index in [2.05, 4.69) is 41.2 Å². The maximum Gasteiger partial charge on any atom is 0.241 e. The summed E-state index contributed by atoms with van der Waals surface area (Å²) in [6, 6.07) is 26.3. The predicted octanol–water partition coefficient (Wildman–Crippen LogP) is 7.60. The summed E-state index contributed by atoms with van der Waals surface area (Å²) in [5, 5.41) is 3.70. The molecule has 202 valence electrons. The molecule has 38 heavy (non-hydrogen) atoms. The van der Waals surface area contributed by atoms with Gasteiger partial charge < -0.3 is 5.32 Å². The quantitative estimate of drug-likeness (QED) is 0.180. The van der Waals surface area contributed by atoms with Gasteiger partial charge in [0.25, 0.3) is 0 Å². The minimum Gasteiger partial charge on any atom is -0.308 e. The lowest BCUT2D eigenvalue weighted by Crippen LogP contribution is -2.39. The van der Waals surface area contributed by atoms with Gasteiger partial charge in [0, 0.05) is 0 Å². The predicted molar refractivity (Wildman–Crippen MR) is 160 cm³/mol.